The van der Waals surface area contributed by atoms with E-state index in [1.54, 1.807) is 25.4 Å². The van der Waals surface area contributed by atoms with Crippen molar-refractivity contribution in [3.8, 4) is 5.75 Å². The third-order valence-electron chi connectivity index (χ3n) is 2.75. The molecule has 2 heterocycles. The molecular formula is C12H15NO3. The predicted octanol–water partition coefficient (Wildman–Crippen LogP) is 1.70. The minimum Gasteiger partial charge on any atom is -0.494 e. The van der Waals surface area contributed by atoms with Crippen molar-refractivity contribution in [1.82, 2.24) is 4.98 Å². The largest absolute Gasteiger partial charge is 0.494 e. The summed E-state index contributed by atoms with van der Waals surface area (Å²) in [5.41, 5.74) is 0.428. The van der Waals surface area contributed by atoms with Gasteiger partial charge < -0.3 is 9.47 Å². The highest BCUT2D eigenvalue weighted by Crippen LogP contribution is 2.22. The third-order valence-corrected chi connectivity index (χ3v) is 2.75. The fourth-order valence-electron chi connectivity index (χ4n) is 1.87. The van der Waals surface area contributed by atoms with Crippen LogP contribution in [0.3, 0.4) is 0 Å². The number of pyridine rings is 1. The summed E-state index contributed by atoms with van der Waals surface area (Å²) in [6, 6.07) is 3.51. The number of rotatable bonds is 4. The Morgan fingerprint density at radius 1 is 1.69 bits per heavy atom. The molecule has 16 heavy (non-hydrogen) atoms. The van der Waals surface area contributed by atoms with E-state index in [1.807, 2.05) is 0 Å². The number of hydrogen-bond donors (Lipinski definition) is 0. The molecule has 1 aliphatic heterocycles. The number of Topliss-reactive ketones (excluding diaryl/α,β-unsaturated/α-hetero) is 1. The molecule has 0 spiro atoms. The zero-order chi connectivity index (χ0) is 11.4. The monoisotopic (exact) mass is 221 g/mol. The molecule has 1 aromatic heterocycles. The minimum absolute atomic E-state index is 0.0351. The van der Waals surface area contributed by atoms with E-state index < -0.39 is 0 Å². The summed E-state index contributed by atoms with van der Waals surface area (Å²) in [5, 5.41) is 0. The molecule has 0 aromatic carbocycles. The van der Waals surface area contributed by atoms with Crippen molar-refractivity contribution >= 4 is 5.78 Å². The van der Waals surface area contributed by atoms with Gasteiger partial charge in [0.2, 0.25) is 0 Å². The van der Waals surface area contributed by atoms with Gasteiger partial charge in [0.25, 0.3) is 0 Å². The molecule has 0 aliphatic carbocycles. The van der Waals surface area contributed by atoms with Crippen molar-refractivity contribution in [3.63, 3.8) is 0 Å². The van der Waals surface area contributed by atoms with E-state index in [1.165, 1.54) is 0 Å². The SMILES string of the molecule is COc1cccnc1C(=O)CC1CCOC1. The fraction of sp³-hybridized carbons (Fsp3) is 0.500. The fourth-order valence-corrected chi connectivity index (χ4v) is 1.87. The Bertz CT molecular complexity index is 372. The van der Waals surface area contributed by atoms with Gasteiger partial charge in [-0.15, -0.1) is 0 Å². The van der Waals surface area contributed by atoms with E-state index in [2.05, 4.69) is 4.98 Å². The van der Waals surface area contributed by atoms with Crippen LogP contribution in [0.2, 0.25) is 0 Å². The molecular weight excluding hydrogens is 206 g/mol. The van der Waals surface area contributed by atoms with E-state index >= 15 is 0 Å². The summed E-state index contributed by atoms with van der Waals surface area (Å²) in [5.74, 6) is 0.915. The van der Waals surface area contributed by atoms with Crippen molar-refractivity contribution in [2.24, 2.45) is 5.92 Å². The quantitative estimate of drug-likeness (QED) is 0.726. The molecule has 4 heteroatoms. The zero-order valence-corrected chi connectivity index (χ0v) is 9.31. The first kappa shape index (κ1) is 11.1. The van der Waals surface area contributed by atoms with Crippen molar-refractivity contribution in [1.29, 1.82) is 0 Å². The number of nitrogens with zero attached hydrogens (tertiary/aromatic N) is 1. The summed E-state index contributed by atoms with van der Waals surface area (Å²) in [6.45, 7) is 1.44. The smallest absolute Gasteiger partial charge is 0.185 e. The first-order chi connectivity index (χ1) is 7.81. The van der Waals surface area contributed by atoms with Gasteiger partial charge in [-0.2, -0.15) is 0 Å². The van der Waals surface area contributed by atoms with E-state index in [4.69, 9.17) is 9.47 Å². The van der Waals surface area contributed by atoms with Crippen LogP contribution in [0.1, 0.15) is 23.3 Å². The van der Waals surface area contributed by atoms with Crippen LogP contribution >= 0.6 is 0 Å². The predicted molar refractivity (Wildman–Crippen MR) is 58.7 cm³/mol. The molecule has 0 N–H and O–H groups in total. The molecule has 0 bridgehead atoms. The van der Waals surface area contributed by atoms with Crippen LogP contribution in [0.5, 0.6) is 5.75 Å². The maximum Gasteiger partial charge on any atom is 0.185 e. The van der Waals surface area contributed by atoms with E-state index in [-0.39, 0.29) is 5.78 Å². The molecule has 86 valence electrons. The lowest BCUT2D eigenvalue weighted by atomic mass is 10.00. The zero-order valence-electron chi connectivity index (χ0n) is 9.31. The van der Waals surface area contributed by atoms with Gasteiger partial charge in [-0.1, -0.05) is 0 Å². The van der Waals surface area contributed by atoms with Gasteiger partial charge in [-0.25, -0.2) is 4.98 Å². The lowest BCUT2D eigenvalue weighted by Gasteiger charge is -2.08. The molecule has 1 saturated heterocycles. The van der Waals surface area contributed by atoms with Crippen molar-refractivity contribution in [2.45, 2.75) is 12.8 Å². The van der Waals surface area contributed by atoms with Crippen LogP contribution in [-0.4, -0.2) is 31.1 Å². The molecule has 0 saturated carbocycles. The summed E-state index contributed by atoms with van der Waals surface area (Å²) < 4.78 is 10.4. The Balaban J connectivity index is 2.07. The molecule has 1 unspecified atom stereocenters. The molecule has 4 nitrogen and oxygen atoms in total. The minimum atomic E-state index is 0.0351. The maximum absolute atomic E-state index is 12.0. The number of ether oxygens (including phenoxy) is 2. The molecule has 1 aromatic rings. The van der Waals surface area contributed by atoms with Gasteiger partial charge in [-0.3, -0.25) is 4.79 Å². The average Bonchev–Trinajstić information content (AvgIpc) is 2.81. The number of methoxy groups -OCH3 is 1. The van der Waals surface area contributed by atoms with Crippen LogP contribution in [0.25, 0.3) is 0 Å². The number of hydrogen-bond acceptors (Lipinski definition) is 4. The van der Waals surface area contributed by atoms with Gasteiger partial charge in [-0.05, 0) is 24.5 Å². The van der Waals surface area contributed by atoms with Crippen molar-refractivity contribution < 1.29 is 14.3 Å². The van der Waals surface area contributed by atoms with Crippen molar-refractivity contribution in [2.75, 3.05) is 20.3 Å². The highest BCUT2D eigenvalue weighted by Gasteiger charge is 2.22. The number of aromatic nitrogens is 1. The van der Waals surface area contributed by atoms with Gasteiger partial charge in [0, 0.05) is 25.8 Å². The van der Waals surface area contributed by atoms with Crippen molar-refractivity contribution in [3.05, 3.63) is 24.0 Å². The molecule has 0 amide bonds. The average molecular weight is 221 g/mol. The maximum atomic E-state index is 12.0. The van der Waals surface area contributed by atoms with E-state index in [0.717, 1.165) is 13.0 Å². The lowest BCUT2D eigenvalue weighted by molar-refractivity contribution is 0.0944. The first-order valence-electron chi connectivity index (χ1n) is 5.41. The van der Waals surface area contributed by atoms with Crippen LogP contribution in [0.15, 0.2) is 18.3 Å². The van der Waals surface area contributed by atoms with Gasteiger partial charge >= 0.3 is 0 Å². The standard InChI is InChI=1S/C12H15NO3/c1-15-11-3-2-5-13-12(11)10(14)7-9-4-6-16-8-9/h2-3,5,9H,4,6-8H2,1H3. The lowest BCUT2D eigenvalue weighted by Crippen LogP contribution is -2.11. The Morgan fingerprint density at radius 3 is 3.25 bits per heavy atom. The summed E-state index contributed by atoms with van der Waals surface area (Å²) >= 11 is 0. The van der Waals surface area contributed by atoms with E-state index in [9.17, 15) is 4.79 Å². The molecule has 0 radical (unpaired) electrons. The number of carbonyl (C=O) groups is 1. The Labute approximate surface area is 94.6 Å². The molecule has 1 fully saturated rings. The Morgan fingerprint density at radius 2 is 2.56 bits per heavy atom. The summed E-state index contributed by atoms with van der Waals surface area (Å²) in [7, 11) is 1.55. The van der Waals surface area contributed by atoms with Gasteiger partial charge in [0.05, 0.1) is 7.11 Å². The second-order valence-electron chi connectivity index (χ2n) is 3.91. The summed E-state index contributed by atoms with van der Waals surface area (Å²) in [6.07, 6.45) is 3.06. The topological polar surface area (TPSA) is 48.4 Å². The highest BCUT2D eigenvalue weighted by atomic mass is 16.5. The van der Waals surface area contributed by atoms with Crippen LogP contribution in [0.4, 0.5) is 0 Å². The van der Waals surface area contributed by atoms with Crippen LogP contribution in [-0.2, 0) is 4.74 Å². The Kier molecular flexibility index (Phi) is 3.51. The molecule has 2 rings (SSSR count). The van der Waals surface area contributed by atoms with Gasteiger partial charge in [0.1, 0.15) is 11.4 Å². The number of ketones is 1. The summed E-state index contributed by atoms with van der Waals surface area (Å²) in [4.78, 5) is 16.1. The second-order valence-corrected chi connectivity index (χ2v) is 3.91. The van der Waals surface area contributed by atoms with Gasteiger partial charge in [0.15, 0.2) is 5.78 Å². The normalized spacial score (nSPS) is 19.7. The first-order valence-corrected chi connectivity index (χ1v) is 5.41. The van der Waals surface area contributed by atoms with Crippen LogP contribution in [0, 0.1) is 5.92 Å². The second kappa shape index (κ2) is 5.07. The molecule has 1 atom stereocenters. The number of carbonyl (C=O) groups excluding carboxylic acids is 1. The van der Waals surface area contributed by atoms with E-state index in [0.29, 0.717) is 30.4 Å². The van der Waals surface area contributed by atoms with Crippen LogP contribution < -0.4 is 4.74 Å². The third kappa shape index (κ3) is 2.39. The Hall–Kier alpha value is -1.42. The highest BCUT2D eigenvalue weighted by molar-refractivity contribution is 5.96. The molecule has 1 aliphatic rings.